The van der Waals surface area contributed by atoms with Crippen LogP contribution in [0.3, 0.4) is 0 Å². The fourth-order valence-electron chi connectivity index (χ4n) is 3.02. The average Bonchev–Trinajstić information content (AvgIpc) is 2.73. The lowest BCUT2D eigenvalue weighted by atomic mass is 10.2. The van der Waals surface area contributed by atoms with Crippen molar-refractivity contribution in [3.8, 4) is 0 Å². The molecule has 0 spiro atoms. The minimum Gasteiger partial charge on any atom is -0.361 e. The van der Waals surface area contributed by atoms with E-state index in [9.17, 15) is 22.0 Å². The molecule has 0 radical (unpaired) electrons. The topological polar surface area (TPSA) is 86.7 Å². The molecule has 2 heterocycles. The number of aromatic nitrogens is 2. The number of hydrogen-bond donors (Lipinski definition) is 0. The molecule has 0 unspecified atom stereocenters. The second-order valence-corrected chi connectivity index (χ2v) is 8.61. The monoisotopic (exact) mass is 425 g/mol. The Morgan fingerprint density at radius 3 is 2.24 bits per heavy atom. The van der Waals surface area contributed by atoms with E-state index in [0.29, 0.717) is 32.0 Å². The summed E-state index contributed by atoms with van der Waals surface area (Å²) in [6.07, 6.45) is 0. The van der Waals surface area contributed by atoms with Crippen LogP contribution in [0.15, 0.2) is 41.3 Å². The third-order valence-electron chi connectivity index (χ3n) is 4.64. The largest absolute Gasteiger partial charge is 0.361 e. The first kappa shape index (κ1) is 20.9. The molecule has 1 aliphatic heterocycles. The lowest BCUT2D eigenvalue weighted by molar-refractivity contribution is 0.0742. The third-order valence-corrected chi connectivity index (χ3v) is 6.08. The molecule has 11 heteroatoms. The molecule has 1 saturated heterocycles. The Morgan fingerprint density at radius 2 is 1.69 bits per heavy atom. The van der Waals surface area contributed by atoms with E-state index >= 15 is 0 Å². The molecule has 0 aliphatic carbocycles. The molecule has 1 amide bonds. The standard InChI is InChI=1S/C18H21F2N5O3S/c1-23(2)15-7-8-16(22-21-15)24-9-11-25(12-10-24)17(26)13-5-3-4-6-14(13)29(27,28)18(19)20/h3-8,18H,9-12H2,1-2H3. The number of amides is 1. The molecule has 2 aromatic rings. The van der Waals surface area contributed by atoms with Crippen LogP contribution in [0, 0.1) is 0 Å². The second-order valence-electron chi connectivity index (χ2n) is 6.73. The van der Waals surface area contributed by atoms with Crippen molar-refractivity contribution in [2.45, 2.75) is 10.7 Å². The van der Waals surface area contributed by atoms with E-state index < -0.39 is 26.4 Å². The first-order valence-corrected chi connectivity index (χ1v) is 10.4. The summed E-state index contributed by atoms with van der Waals surface area (Å²) in [6.45, 7) is 1.54. The molecular weight excluding hydrogens is 404 g/mol. The molecule has 1 fully saturated rings. The highest BCUT2D eigenvalue weighted by Crippen LogP contribution is 2.24. The maximum absolute atomic E-state index is 13.0. The minimum absolute atomic E-state index is 0.239. The van der Waals surface area contributed by atoms with E-state index in [4.69, 9.17) is 0 Å². The number of carbonyl (C=O) groups excluding carboxylic acids is 1. The average molecular weight is 425 g/mol. The van der Waals surface area contributed by atoms with Crippen LogP contribution in [-0.4, -0.2) is 75.5 Å². The molecule has 0 bridgehead atoms. The van der Waals surface area contributed by atoms with Gasteiger partial charge in [0.25, 0.3) is 5.91 Å². The molecule has 0 atom stereocenters. The molecule has 1 aromatic heterocycles. The zero-order valence-electron chi connectivity index (χ0n) is 16.0. The van der Waals surface area contributed by atoms with Gasteiger partial charge in [-0.15, -0.1) is 10.2 Å². The molecule has 0 saturated carbocycles. The summed E-state index contributed by atoms with van der Waals surface area (Å²) >= 11 is 0. The first-order chi connectivity index (χ1) is 13.7. The van der Waals surface area contributed by atoms with Crippen LogP contribution in [0.1, 0.15) is 10.4 Å². The molecule has 0 N–H and O–H groups in total. The maximum atomic E-state index is 13.0. The summed E-state index contributed by atoms with van der Waals surface area (Å²) in [5.74, 6) is -2.78. The number of rotatable bonds is 5. The highest BCUT2D eigenvalue weighted by atomic mass is 32.2. The predicted molar refractivity (Wildman–Crippen MR) is 104 cm³/mol. The van der Waals surface area contributed by atoms with Gasteiger partial charge in [-0.25, -0.2) is 8.42 Å². The summed E-state index contributed by atoms with van der Waals surface area (Å²) in [5.41, 5.74) is -0.239. The fourth-order valence-corrected chi connectivity index (χ4v) is 3.94. The molecular formula is C18H21F2N5O3S. The SMILES string of the molecule is CN(C)c1ccc(N2CCN(C(=O)c3ccccc3S(=O)(=O)C(F)F)CC2)nn1. The predicted octanol–water partition coefficient (Wildman–Crippen LogP) is 1.50. The van der Waals surface area contributed by atoms with Crippen LogP contribution in [-0.2, 0) is 9.84 Å². The Kier molecular flexibility index (Phi) is 5.96. The second kappa shape index (κ2) is 8.27. The van der Waals surface area contributed by atoms with Gasteiger partial charge in [-0.05, 0) is 24.3 Å². The van der Waals surface area contributed by atoms with Crippen molar-refractivity contribution < 1.29 is 22.0 Å². The molecule has 1 aliphatic rings. The fraction of sp³-hybridized carbons (Fsp3) is 0.389. The van der Waals surface area contributed by atoms with Crippen molar-refractivity contribution in [1.29, 1.82) is 0 Å². The molecule has 29 heavy (non-hydrogen) atoms. The lowest BCUT2D eigenvalue weighted by Crippen LogP contribution is -2.49. The summed E-state index contributed by atoms with van der Waals surface area (Å²) in [7, 11) is -1.15. The maximum Gasteiger partial charge on any atom is 0.341 e. The highest BCUT2D eigenvalue weighted by Gasteiger charge is 2.33. The Balaban J connectivity index is 1.73. The summed E-state index contributed by atoms with van der Waals surface area (Å²) in [5, 5.41) is 8.31. The number of anilines is 2. The van der Waals surface area contributed by atoms with Gasteiger partial charge >= 0.3 is 5.76 Å². The van der Waals surface area contributed by atoms with Gasteiger partial charge in [0, 0.05) is 40.3 Å². The number of sulfone groups is 1. The van der Waals surface area contributed by atoms with Crippen molar-refractivity contribution >= 4 is 27.4 Å². The van der Waals surface area contributed by atoms with Gasteiger partial charge in [0.2, 0.25) is 9.84 Å². The van der Waals surface area contributed by atoms with Gasteiger partial charge in [-0.1, -0.05) is 12.1 Å². The number of piperazine rings is 1. The van der Waals surface area contributed by atoms with E-state index in [-0.39, 0.29) is 5.56 Å². The van der Waals surface area contributed by atoms with Gasteiger partial charge < -0.3 is 14.7 Å². The smallest absolute Gasteiger partial charge is 0.341 e. The summed E-state index contributed by atoms with van der Waals surface area (Å²) < 4.78 is 49.7. The number of hydrogen-bond acceptors (Lipinski definition) is 7. The van der Waals surface area contributed by atoms with Crippen LogP contribution in [0.4, 0.5) is 20.4 Å². The van der Waals surface area contributed by atoms with E-state index in [1.807, 2.05) is 36.0 Å². The quantitative estimate of drug-likeness (QED) is 0.718. The zero-order valence-corrected chi connectivity index (χ0v) is 16.8. The highest BCUT2D eigenvalue weighted by molar-refractivity contribution is 7.91. The van der Waals surface area contributed by atoms with Crippen LogP contribution < -0.4 is 9.80 Å². The Labute approximate surface area is 167 Å². The van der Waals surface area contributed by atoms with Crippen LogP contribution >= 0.6 is 0 Å². The first-order valence-electron chi connectivity index (χ1n) is 8.88. The Hall–Kier alpha value is -2.82. The van der Waals surface area contributed by atoms with Gasteiger partial charge in [-0.2, -0.15) is 8.78 Å². The Morgan fingerprint density at radius 1 is 1.03 bits per heavy atom. The summed E-state index contributed by atoms with van der Waals surface area (Å²) in [6, 6.07) is 8.74. The number of nitrogens with zero attached hydrogens (tertiary/aromatic N) is 5. The zero-order chi connectivity index (χ0) is 21.2. The van der Waals surface area contributed by atoms with Crippen LogP contribution in [0.2, 0.25) is 0 Å². The Bertz CT molecular complexity index is 975. The van der Waals surface area contributed by atoms with Crippen molar-refractivity contribution in [3.05, 3.63) is 42.0 Å². The molecule has 1 aromatic carbocycles. The lowest BCUT2D eigenvalue weighted by Gasteiger charge is -2.35. The minimum atomic E-state index is -4.87. The van der Waals surface area contributed by atoms with Crippen molar-refractivity contribution in [2.24, 2.45) is 0 Å². The van der Waals surface area contributed by atoms with Crippen molar-refractivity contribution in [2.75, 3.05) is 50.1 Å². The van der Waals surface area contributed by atoms with Gasteiger partial charge in [-0.3, -0.25) is 4.79 Å². The van der Waals surface area contributed by atoms with Crippen molar-refractivity contribution in [1.82, 2.24) is 15.1 Å². The molecule has 3 rings (SSSR count). The number of carbonyl (C=O) groups is 1. The van der Waals surface area contributed by atoms with E-state index in [0.717, 1.165) is 11.9 Å². The van der Waals surface area contributed by atoms with Gasteiger partial charge in [0.1, 0.15) is 0 Å². The number of alkyl halides is 2. The normalized spacial score (nSPS) is 14.9. The van der Waals surface area contributed by atoms with E-state index in [1.54, 1.807) is 0 Å². The van der Waals surface area contributed by atoms with E-state index in [2.05, 4.69) is 10.2 Å². The molecule has 156 valence electrons. The number of halogens is 2. The van der Waals surface area contributed by atoms with Gasteiger partial charge in [0.05, 0.1) is 10.5 Å². The van der Waals surface area contributed by atoms with Crippen LogP contribution in [0.5, 0.6) is 0 Å². The summed E-state index contributed by atoms with van der Waals surface area (Å²) in [4.78, 5) is 17.4. The van der Waals surface area contributed by atoms with Crippen molar-refractivity contribution in [3.63, 3.8) is 0 Å². The van der Waals surface area contributed by atoms with E-state index in [1.165, 1.54) is 23.1 Å². The number of benzene rings is 1. The van der Waals surface area contributed by atoms with Crippen LogP contribution in [0.25, 0.3) is 0 Å². The third kappa shape index (κ3) is 4.29. The van der Waals surface area contributed by atoms with Gasteiger partial charge in [0.15, 0.2) is 11.6 Å². The molecule has 8 nitrogen and oxygen atoms in total.